The summed E-state index contributed by atoms with van der Waals surface area (Å²) in [6.07, 6.45) is 5.60. The van der Waals surface area contributed by atoms with Crippen LogP contribution in [0.2, 0.25) is 0 Å². The van der Waals surface area contributed by atoms with Crippen LogP contribution in [0.25, 0.3) is 0 Å². The molecule has 0 aliphatic rings. The number of pyridine rings is 1. The normalized spacial score (nSPS) is 12.6. The van der Waals surface area contributed by atoms with Crippen molar-refractivity contribution in [1.29, 1.82) is 0 Å². The van der Waals surface area contributed by atoms with Gasteiger partial charge >= 0.3 is 0 Å². The van der Waals surface area contributed by atoms with E-state index in [0.29, 0.717) is 5.92 Å². The van der Waals surface area contributed by atoms with Crippen LogP contribution in [0.3, 0.4) is 0 Å². The van der Waals surface area contributed by atoms with Gasteiger partial charge in [-0.1, -0.05) is 38.1 Å². The minimum atomic E-state index is 0.0505. The van der Waals surface area contributed by atoms with Gasteiger partial charge in [0.05, 0.1) is 0 Å². The van der Waals surface area contributed by atoms with E-state index in [4.69, 9.17) is 5.73 Å². The van der Waals surface area contributed by atoms with E-state index in [1.807, 2.05) is 24.5 Å². The molecule has 1 unspecified atom stereocenters. The first-order chi connectivity index (χ1) is 9.15. The Morgan fingerprint density at radius 3 is 2.42 bits per heavy atom. The molecule has 19 heavy (non-hydrogen) atoms. The lowest BCUT2D eigenvalue weighted by Gasteiger charge is -2.14. The largest absolute Gasteiger partial charge is 0.324 e. The monoisotopic (exact) mass is 254 g/mol. The first-order valence-electron chi connectivity index (χ1n) is 6.88. The summed E-state index contributed by atoms with van der Waals surface area (Å²) in [7, 11) is 0. The van der Waals surface area contributed by atoms with Crippen LogP contribution < -0.4 is 5.73 Å². The van der Waals surface area contributed by atoms with Crippen LogP contribution in [0.15, 0.2) is 48.8 Å². The molecule has 0 amide bonds. The highest BCUT2D eigenvalue weighted by Crippen LogP contribution is 2.18. The molecule has 2 heteroatoms. The van der Waals surface area contributed by atoms with Gasteiger partial charge in [-0.15, -0.1) is 0 Å². The second kappa shape index (κ2) is 6.48. The zero-order valence-electron chi connectivity index (χ0n) is 11.7. The standard InChI is InChI=1S/C17H22N2/c1-13(2)10-15-4-3-5-16(11-15)17(18)12-14-6-8-19-9-7-14/h3-9,11,13,17H,10,12,18H2,1-2H3. The second-order valence-electron chi connectivity index (χ2n) is 5.51. The highest BCUT2D eigenvalue weighted by Gasteiger charge is 2.08. The number of hydrogen-bond donors (Lipinski definition) is 1. The molecule has 2 aromatic rings. The molecular formula is C17H22N2. The van der Waals surface area contributed by atoms with Crippen molar-refractivity contribution in [1.82, 2.24) is 4.98 Å². The predicted octanol–water partition coefficient (Wildman–Crippen LogP) is 3.52. The maximum Gasteiger partial charge on any atom is 0.0335 e. The molecule has 2 nitrogen and oxygen atoms in total. The lowest BCUT2D eigenvalue weighted by molar-refractivity contribution is 0.644. The molecule has 2 rings (SSSR count). The van der Waals surface area contributed by atoms with Gasteiger partial charge in [-0.2, -0.15) is 0 Å². The van der Waals surface area contributed by atoms with E-state index < -0.39 is 0 Å². The fourth-order valence-electron chi connectivity index (χ4n) is 2.31. The summed E-state index contributed by atoms with van der Waals surface area (Å²) in [6, 6.07) is 12.8. The van der Waals surface area contributed by atoms with Crippen LogP contribution in [-0.2, 0) is 12.8 Å². The summed E-state index contributed by atoms with van der Waals surface area (Å²) in [4.78, 5) is 4.03. The van der Waals surface area contributed by atoms with E-state index >= 15 is 0 Å². The van der Waals surface area contributed by atoms with E-state index in [2.05, 4.69) is 43.1 Å². The second-order valence-corrected chi connectivity index (χ2v) is 5.51. The average molecular weight is 254 g/mol. The number of benzene rings is 1. The van der Waals surface area contributed by atoms with Crippen molar-refractivity contribution in [2.45, 2.75) is 32.7 Å². The van der Waals surface area contributed by atoms with Crippen molar-refractivity contribution in [3.05, 3.63) is 65.5 Å². The number of rotatable bonds is 5. The number of nitrogens with two attached hydrogens (primary N) is 1. The highest BCUT2D eigenvalue weighted by atomic mass is 14.6. The minimum Gasteiger partial charge on any atom is -0.324 e. The molecule has 0 aliphatic heterocycles. The van der Waals surface area contributed by atoms with Gasteiger partial charge in [0.1, 0.15) is 0 Å². The van der Waals surface area contributed by atoms with Crippen LogP contribution in [0.1, 0.15) is 36.6 Å². The van der Waals surface area contributed by atoms with Crippen molar-refractivity contribution in [2.24, 2.45) is 11.7 Å². The predicted molar refractivity (Wildman–Crippen MR) is 79.9 cm³/mol. The Kier molecular flexibility index (Phi) is 4.69. The van der Waals surface area contributed by atoms with Gasteiger partial charge in [-0.3, -0.25) is 4.98 Å². The summed E-state index contributed by atoms with van der Waals surface area (Å²) in [6.45, 7) is 4.48. The van der Waals surface area contributed by atoms with Crippen molar-refractivity contribution >= 4 is 0 Å². The van der Waals surface area contributed by atoms with Crippen molar-refractivity contribution in [3.63, 3.8) is 0 Å². The first kappa shape index (κ1) is 13.8. The molecule has 0 spiro atoms. The van der Waals surface area contributed by atoms with E-state index in [1.54, 1.807) is 0 Å². The van der Waals surface area contributed by atoms with Crippen molar-refractivity contribution < 1.29 is 0 Å². The van der Waals surface area contributed by atoms with Gasteiger partial charge in [-0.25, -0.2) is 0 Å². The van der Waals surface area contributed by atoms with Gasteiger partial charge in [0.2, 0.25) is 0 Å². The zero-order chi connectivity index (χ0) is 13.7. The van der Waals surface area contributed by atoms with Crippen LogP contribution in [0, 0.1) is 5.92 Å². The van der Waals surface area contributed by atoms with Gasteiger partial charge in [0, 0.05) is 18.4 Å². The lowest BCUT2D eigenvalue weighted by Crippen LogP contribution is -2.13. The Labute approximate surface area is 115 Å². The Balaban J connectivity index is 2.08. The molecule has 0 radical (unpaired) electrons. The smallest absolute Gasteiger partial charge is 0.0335 e. The Bertz CT molecular complexity index is 506. The van der Waals surface area contributed by atoms with Crippen molar-refractivity contribution in [2.75, 3.05) is 0 Å². The van der Waals surface area contributed by atoms with E-state index in [0.717, 1.165) is 12.8 Å². The molecular weight excluding hydrogens is 232 g/mol. The first-order valence-corrected chi connectivity index (χ1v) is 6.88. The Hall–Kier alpha value is -1.67. The molecule has 0 aliphatic carbocycles. The van der Waals surface area contributed by atoms with Gasteiger partial charge in [0.25, 0.3) is 0 Å². The van der Waals surface area contributed by atoms with E-state index in [-0.39, 0.29) is 6.04 Å². The van der Waals surface area contributed by atoms with Crippen molar-refractivity contribution in [3.8, 4) is 0 Å². The molecule has 1 aromatic heterocycles. The topological polar surface area (TPSA) is 38.9 Å². The summed E-state index contributed by atoms with van der Waals surface area (Å²) in [5.74, 6) is 0.673. The number of nitrogens with zero attached hydrogens (tertiary/aromatic N) is 1. The molecule has 100 valence electrons. The molecule has 0 bridgehead atoms. The molecule has 0 saturated heterocycles. The van der Waals surface area contributed by atoms with Gasteiger partial charge in [0.15, 0.2) is 0 Å². The molecule has 1 aromatic carbocycles. The van der Waals surface area contributed by atoms with E-state index in [1.165, 1.54) is 16.7 Å². The Morgan fingerprint density at radius 2 is 1.74 bits per heavy atom. The van der Waals surface area contributed by atoms with Gasteiger partial charge in [-0.05, 0) is 47.6 Å². The lowest BCUT2D eigenvalue weighted by atomic mass is 9.96. The molecule has 0 fully saturated rings. The molecule has 1 atom stereocenters. The van der Waals surface area contributed by atoms with E-state index in [9.17, 15) is 0 Å². The minimum absolute atomic E-state index is 0.0505. The highest BCUT2D eigenvalue weighted by molar-refractivity contribution is 5.27. The average Bonchev–Trinajstić information content (AvgIpc) is 2.39. The van der Waals surface area contributed by atoms with Crippen LogP contribution in [0.5, 0.6) is 0 Å². The third kappa shape index (κ3) is 4.18. The molecule has 2 N–H and O–H groups in total. The number of aromatic nitrogens is 1. The van der Waals surface area contributed by atoms with Crippen LogP contribution in [-0.4, -0.2) is 4.98 Å². The fraction of sp³-hybridized carbons (Fsp3) is 0.353. The quantitative estimate of drug-likeness (QED) is 0.886. The van der Waals surface area contributed by atoms with Gasteiger partial charge < -0.3 is 5.73 Å². The third-order valence-electron chi connectivity index (χ3n) is 3.23. The summed E-state index contributed by atoms with van der Waals surface area (Å²) in [5, 5.41) is 0. The number of hydrogen-bond acceptors (Lipinski definition) is 2. The van der Waals surface area contributed by atoms with Crippen LogP contribution >= 0.6 is 0 Å². The van der Waals surface area contributed by atoms with Crippen LogP contribution in [0.4, 0.5) is 0 Å². The maximum absolute atomic E-state index is 6.31. The third-order valence-corrected chi connectivity index (χ3v) is 3.23. The molecule has 1 heterocycles. The summed E-state index contributed by atoms with van der Waals surface area (Å²) in [5.41, 5.74) is 10.1. The summed E-state index contributed by atoms with van der Waals surface area (Å²) < 4.78 is 0. The SMILES string of the molecule is CC(C)Cc1cccc(C(N)Cc2ccncc2)c1. The maximum atomic E-state index is 6.31. The Morgan fingerprint density at radius 1 is 1.00 bits per heavy atom. The zero-order valence-corrected chi connectivity index (χ0v) is 11.7. The molecule has 0 saturated carbocycles. The summed E-state index contributed by atoms with van der Waals surface area (Å²) >= 11 is 0. The fourth-order valence-corrected chi connectivity index (χ4v) is 2.31.